The van der Waals surface area contributed by atoms with Gasteiger partial charge in [0.05, 0.1) is 23.7 Å². The first-order valence-corrected chi connectivity index (χ1v) is 7.95. The van der Waals surface area contributed by atoms with Gasteiger partial charge in [0.25, 0.3) is 0 Å². The standard InChI is InChI=1S/C16H17FN2OS/c1-11-18-14(10-21-11)9-19(15-5-6-15)16(20)8-12-3-2-4-13(17)7-12/h2-4,7,10,15H,5-6,8-9H2,1H3. The molecule has 0 spiro atoms. The monoisotopic (exact) mass is 304 g/mol. The molecule has 1 heterocycles. The molecule has 3 rings (SSSR count). The van der Waals surface area contributed by atoms with Gasteiger partial charge in [-0.2, -0.15) is 0 Å². The van der Waals surface area contributed by atoms with Crippen LogP contribution in [0.4, 0.5) is 4.39 Å². The molecule has 21 heavy (non-hydrogen) atoms. The maximum atomic E-state index is 13.2. The molecule has 0 saturated heterocycles. The van der Waals surface area contributed by atoms with E-state index < -0.39 is 0 Å². The lowest BCUT2D eigenvalue weighted by Crippen LogP contribution is -2.34. The molecule has 1 aromatic carbocycles. The van der Waals surface area contributed by atoms with Crippen molar-refractivity contribution in [3.05, 3.63) is 51.7 Å². The van der Waals surface area contributed by atoms with Crippen LogP contribution in [0.5, 0.6) is 0 Å². The first kappa shape index (κ1) is 14.2. The van der Waals surface area contributed by atoms with Gasteiger partial charge in [-0.3, -0.25) is 4.79 Å². The summed E-state index contributed by atoms with van der Waals surface area (Å²) in [4.78, 5) is 18.8. The minimum atomic E-state index is -0.298. The molecule has 0 unspecified atom stereocenters. The molecule has 1 saturated carbocycles. The van der Waals surface area contributed by atoms with Crippen molar-refractivity contribution < 1.29 is 9.18 Å². The number of amides is 1. The third-order valence-corrected chi connectivity index (χ3v) is 4.37. The maximum Gasteiger partial charge on any atom is 0.227 e. The molecule has 1 amide bonds. The van der Waals surface area contributed by atoms with Crippen LogP contribution in [-0.2, 0) is 17.8 Å². The molecular weight excluding hydrogens is 287 g/mol. The number of carbonyl (C=O) groups is 1. The quantitative estimate of drug-likeness (QED) is 0.849. The Morgan fingerprint density at radius 1 is 1.48 bits per heavy atom. The number of aromatic nitrogens is 1. The molecule has 0 aliphatic heterocycles. The molecule has 3 nitrogen and oxygen atoms in total. The fraction of sp³-hybridized carbons (Fsp3) is 0.375. The zero-order chi connectivity index (χ0) is 14.8. The zero-order valence-corrected chi connectivity index (χ0v) is 12.7. The summed E-state index contributed by atoms with van der Waals surface area (Å²) in [6, 6.07) is 6.58. The van der Waals surface area contributed by atoms with Crippen molar-refractivity contribution in [1.82, 2.24) is 9.88 Å². The summed E-state index contributed by atoms with van der Waals surface area (Å²) in [5.74, 6) is -0.248. The van der Waals surface area contributed by atoms with Gasteiger partial charge in [0.1, 0.15) is 5.82 Å². The average Bonchev–Trinajstić information content (AvgIpc) is 3.19. The van der Waals surface area contributed by atoms with Crippen LogP contribution in [0.1, 0.15) is 29.1 Å². The number of thiazole rings is 1. The third-order valence-electron chi connectivity index (χ3n) is 3.55. The lowest BCUT2D eigenvalue weighted by Gasteiger charge is -2.21. The average molecular weight is 304 g/mol. The van der Waals surface area contributed by atoms with Crippen molar-refractivity contribution in [2.45, 2.75) is 38.8 Å². The van der Waals surface area contributed by atoms with Crippen LogP contribution in [0.3, 0.4) is 0 Å². The van der Waals surface area contributed by atoms with Crippen LogP contribution in [0.15, 0.2) is 29.6 Å². The van der Waals surface area contributed by atoms with Gasteiger partial charge in [0, 0.05) is 11.4 Å². The van der Waals surface area contributed by atoms with Crippen molar-refractivity contribution in [1.29, 1.82) is 0 Å². The molecule has 0 atom stereocenters. The predicted molar refractivity (Wildman–Crippen MR) is 80.5 cm³/mol. The number of hydrogen-bond donors (Lipinski definition) is 0. The molecule has 1 aromatic heterocycles. The smallest absolute Gasteiger partial charge is 0.227 e. The number of halogens is 1. The van der Waals surface area contributed by atoms with Gasteiger partial charge in [-0.1, -0.05) is 12.1 Å². The number of carbonyl (C=O) groups excluding carboxylic acids is 1. The molecule has 0 N–H and O–H groups in total. The number of hydrogen-bond acceptors (Lipinski definition) is 3. The highest BCUT2D eigenvalue weighted by atomic mass is 32.1. The first-order valence-electron chi connectivity index (χ1n) is 7.07. The molecule has 1 fully saturated rings. The van der Waals surface area contributed by atoms with E-state index in [0.29, 0.717) is 12.6 Å². The van der Waals surface area contributed by atoms with Gasteiger partial charge >= 0.3 is 0 Å². The predicted octanol–water partition coefficient (Wildman–Crippen LogP) is 3.32. The van der Waals surface area contributed by atoms with Crippen molar-refractivity contribution >= 4 is 17.2 Å². The fourth-order valence-electron chi connectivity index (χ4n) is 2.39. The summed E-state index contributed by atoms with van der Waals surface area (Å²) in [5, 5.41) is 3.01. The SMILES string of the molecule is Cc1nc(CN(C(=O)Cc2cccc(F)c2)C2CC2)cs1. The number of benzene rings is 1. The number of rotatable bonds is 5. The molecule has 0 bridgehead atoms. The Morgan fingerprint density at radius 3 is 2.90 bits per heavy atom. The zero-order valence-electron chi connectivity index (χ0n) is 11.9. The van der Waals surface area contributed by atoms with E-state index in [2.05, 4.69) is 4.98 Å². The third kappa shape index (κ3) is 3.67. The molecule has 2 aromatic rings. The highest BCUT2D eigenvalue weighted by Crippen LogP contribution is 2.29. The second-order valence-corrected chi connectivity index (χ2v) is 6.48. The molecular formula is C16H17FN2OS. The Morgan fingerprint density at radius 2 is 2.29 bits per heavy atom. The second-order valence-electron chi connectivity index (χ2n) is 5.42. The van der Waals surface area contributed by atoms with Gasteiger partial charge in [-0.15, -0.1) is 11.3 Å². The maximum absolute atomic E-state index is 13.2. The summed E-state index contributed by atoms with van der Waals surface area (Å²) in [6.45, 7) is 2.52. The van der Waals surface area contributed by atoms with Gasteiger partial charge in [0.15, 0.2) is 0 Å². The van der Waals surface area contributed by atoms with E-state index in [9.17, 15) is 9.18 Å². The summed E-state index contributed by atoms with van der Waals surface area (Å²) in [7, 11) is 0. The highest BCUT2D eigenvalue weighted by molar-refractivity contribution is 7.09. The van der Waals surface area contributed by atoms with Crippen LogP contribution in [0.25, 0.3) is 0 Å². The van der Waals surface area contributed by atoms with Crippen LogP contribution >= 0.6 is 11.3 Å². The van der Waals surface area contributed by atoms with E-state index in [1.165, 1.54) is 12.1 Å². The normalized spacial score (nSPS) is 14.2. The summed E-state index contributed by atoms with van der Waals surface area (Å²) in [5.41, 5.74) is 1.66. The van der Waals surface area contributed by atoms with Crippen molar-refractivity contribution in [3.8, 4) is 0 Å². The molecule has 1 aliphatic carbocycles. The Hall–Kier alpha value is -1.75. The Balaban J connectivity index is 1.70. The minimum absolute atomic E-state index is 0.0498. The number of aryl methyl sites for hydroxylation is 1. The van der Waals surface area contributed by atoms with Gasteiger partial charge in [-0.25, -0.2) is 9.37 Å². The first-order chi connectivity index (χ1) is 10.1. The van der Waals surface area contributed by atoms with E-state index in [1.807, 2.05) is 17.2 Å². The van der Waals surface area contributed by atoms with Crippen LogP contribution in [-0.4, -0.2) is 21.8 Å². The van der Waals surface area contributed by atoms with E-state index in [4.69, 9.17) is 0 Å². The Labute approximate surface area is 127 Å². The van der Waals surface area contributed by atoms with Crippen LogP contribution in [0, 0.1) is 12.7 Å². The fourth-order valence-corrected chi connectivity index (χ4v) is 2.99. The summed E-state index contributed by atoms with van der Waals surface area (Å²) >= 11 is 1.60. The second kappa shape index (κ2) is 5.93. The largest absolute Gasteiger partial charge is 0.333 e. The topological polar surface area (TPSA) is 33.2 Å². The molecule has 110 valence electrons. The Bertz CT molecular complexity index is 651. The van der Waals surface area contributed by atoms with E-state index in [1.54, 1.807) is 23.5 Å². The summed E-state index contributed by atoms with van der Waals surface area (Å²) < 4.78 is 13.2. The van der Waals surface area contributed by atoms with Crippen LogP contribution in [0.2, 0.25) is 0 Å². The lowest BCUT2D eigenvalue weighted by molar-refractivity contribution is -0.131. The molecule has 0 radical (unpaired) electrons. The lowest BCUT2D eigenvalue weighted by atomic mass is 10.1. The summed E-state index contributed by atoms with van der Waals surface area (Å²) in [6.07, 6.45) is 2.35. The van der Waals surface area contributed by atoms with Crippen LogP contribution < -0.4 is 0 Å². The Kier molecular flexibility index (Phi) is 4.01. The minimum Gasteiger partial charge on any atom is -0.333 e. The van der Waals surface area contributed by atoms with Crippen molar-refractivity contribution in [2.24, 2.45) is 0 Å². The van der Waals surface area contributed by atoms with Gasteiger partial charge in [0.2, 0.25) is 5.91 Å². The van der Waals surface area contributed by atoms with Crippen molar-refractivity contribution in [2.75, 3.05) is 0 Å². The van der Waals surface area contributed by atoms with Gasteiger partial charge in [-0.05, 0) is 37.5 Å². The van der Waals surface area contributed by atoms with E-state index >= 15 is 0 Å². The molecule has 5 heteroatoms. The molecule has 1 aliphatic rings. The van der Waals surface area contributed by atoms with Crippen molar-refractivity contribution in [3.63, 3.8) is 0 Å². The van der Waals surface area contributed by atoms with E-state index in [0.717, 1.165) is 29.1 Å². The number of nitrogens with zero attached hydrogens (tertiary/aromatic N) is 2. The highest BCUT2D eigenvalue weighted by Gasteiger charge is 2.32. The van der Waals surface area contributed by atoms with Gasteiger partial charge < -0.3 is 4.90 Å². The van der Waals surface area contributed by atoms with E-state index in [-0.39, 0.29) is 18.1 Å².